The number of nitrogens with zero attached hydrogens (tertiary/aromatic N) is 5. The molecule has 1 aromatic carbocycles. The number of rotatable bonds is 3. The van der Waals surface area contributed by atoms with Crippen LogP contribution in [0.25, 0.3) is 17.2 Å². The molecule has 0 radical (unpaired) electrons. The first-order valence-corrected chi connectivity index (χ1v) is 8.72. The van der Waals surface area contributed by atoms with Gasteiger partial charge in [0.05, 0.1) is 27.2 Å². The molecule has 1 aliphatic heterocycles. The predicted molar refractivity (Wildman–Crippen MR) is 107 cm³/mol. The maximum Gasteiger partial charge on any atom is 0.284 e. The van der Waals surface area contributed by atoms with Crippen LogP contribution in [0.1, 0.15) is 17.3 Å². The molecule has 1 aliphatic rings. The van der Waals surface area contributed by atoms with Crippen molar-refractivity contribution in [1.82, 2.24) is 19.5 Å². The lowest BCUT2D eigenvalue weighted by Gasteiger charge is -2.09. The highest BCUT2D eigenvalue weighted by molar-refractivity contribution is 7.71. The van der Waals surface area contributed by atoms with Crippen LogP contribution in [0, 0.1) is 14.9 Å². The van der Waals surface area contributed by atoms with Crippen LogP contribution in [-0.4, -0.2) is 42.0 Å². The van der Waals surface area contributed by atoms with Gasteiger partial charge in [0.1, 0.15) is 0 Å². The third kappa shape index (κ3) is 3.12. The number of nitrogens with one attached hydrogen (secondary N) is 1. The molecule has 2 aromatic heterocycles. The monoisotopic (exact) mass is 408 g/mol. The van der Waals surface area contributed by atoms with E-state index in [0.717, 1.165) is 5.01 Å². The molecule has 0 saturated carbocycles. The van der Waals surface area contributed by atoms with Crippen LogP contribution in [0.4, 0.5) is 5.69 Å². The number of H-pyrrole nitrogens is 1. The average molecular weight is 408 g/mol. The first-order chi connectivity index (χ1) is 13.9. The lowest BCUT2D eigenvalue weighted by atomic mass is 10.2. The summed E-state index contributed by atoms with van der Waals surface area (Å²) in [5.41, 5.74) is 1.62. The molecule has 144 valence electrons. The van der Waals surface area contributed by atoms with Gasteiger partial charge in [0.15, 0.2) is 4.77 Å². The minimum atomic E-state index is -0.619. The molecule has 0 spiro atoms. The van der Waals surface area contributed by atoms with Gasteiger partial charge in [-0.3, -0.25) is 29.3 Å². The standard InChI is InChI=1S/C18H12N6O4S/c1-10-13(17(26)23(21-10)16(25)11-4-6-19-7-5-11)9-22-15-8-12(24(27)28)2-3-14(15)20-18(22)29/h2-9H,1H3,(H,20,29)/b13-9+. The summed E-state index contributed by atoms with van der Waals surface area (Å²) in [5, 5.41) is 15.9. The van der Waals surface area contributed by atoms with Crippen molar-refractivity contribution >= 4 is 52.7 Å². The molecule has 2 amide bonds. The molecule has 29 heavy (non-hydrogen) atoms. The number of hydrogen-bond donors (Lipinski definition) is 1. The Balaban J connectivity index is 1.77. The molecule has 10 nitrogen and oxygen atoms in total. The van der Waals surface area contributed by atoms with Crippen LogP contribution in [0.2, 0.25) is 0 Å². The molecule has 0 unspecified atom stereocenters. The lowest BCUT2D eigenvalue weighted by molar-refractivity contribution is -0.384. The Hall–Kier alpha value is -3.99. The molecule has 11 heteroatoms. The van der Waals surface area contributed by atoms with Crippen LogP contribution in [-0.2, 0) is 4.79 Å². The van der Waals surface area contributed by atoms with Crippen LogP contribution in [0.15, 0.2) is 53.4 Å². The molecule has 0 aliphatic carbocycles. The maximum atomic E-state index is 12.8. The number of carbonyl (C=O) groups excluding carboxylic acids is 2. The molecule has 3 heterocycles. The maximum absolute atomic E-state index is 12.8. The Kier molecular flexibility index (Phi) is 4.35. The quantitative estimate of drug-likeness (QED) is 0.233. The number of amides is 2. The third-order valence-corrected chi connectivity index (χ3v) is 4.65. The Morgan fingerprint density at radius 2 is 2.00 bits per heavy atom. The minimum absolute atomic E-state index is 0.115. The zero-order valence-corrected chi connectivity index (χ0v) is 15.7. The molecular formula is C18H12N6O4S. The van der Waals surface area contributed by atoms with Crippen LogP contribution in [0.5, 0.6) is 0 Å². The van der Waals surface area contributed by atoms with E-state index in [1.54, 1.807) is 6.92 Å². The van der Waals surface area contributed by atoms with Crippen molar-refractivity contribution in [1.29, 1.82) is 0 Å². The highest BCUT2D eigenvalue weighted by Crippen LogP contribution is 2.24. The smallest absolute Gasteiger partial charge is 0.284 e. The SMILES string of the molecule is CC1=NN(C(=O)c2ccncc2)C(=O)/C1=C/n1c(=S)[nH]c2ccc([N+](=O)[O-])cc21. The van der Waals surface area contributed by atoms with E-state index in [0.29, 0.717) is 16.7 Å². The summed E-state index contributed by atoms with van der Waals surface area (Å²) in [6, 6.07) is 7.21. The van der Waals surface area contributed by atoms with Gasteiger partial charge in [0, 0.05) is 36.3 Å². The normalized spacial score (nSPS) is 15.2. The van der Waals surface area contributed by atoms with Gasteiger partial charge in [0.25, 0.3) is 17.5 Å². The first-order valence-electron chi connectivity index (χ1n) is 8.31. The predicted octanol–water partition coefficient (Wildman–Crippen LogP) is 2.90. The van der Waals surface area contributed by atoms with Gasteiger partial charge < -0.3 is 4.98 Å². The van der Waals surface area contributed by atoms with E-state index in [1.165, 1.54) is 53.5 Å². The van der Waals surface area contributed by atoms with E-state index in [4.69, 9.17) is 12.2 Å². The Morgan fingerprint density at radius 3 is 2.69 bits per heavy atom. The van der Waals surface area contributed by atoms with E-state index in [2.05, 4.69) is 15.1 Å². The number of hydrazone groups is 1. The summed E-state index contributed by atoms with van der Waals surface area (Å²) in [6.07, 6.45) is 4.31. The van der Waals surface area contributed by atoms with E-state index in [9.17, 15) is 19.7 Å². The zero-order chi connectivity index (χ0) is 20.7. The number of benzene rings is 1. The summed E-state index contributed by atoms with van der Waals surface area (Å²) in [6.45, 7) is 1.59. The van der Waals surface area contributed by atoms with Crippen molar-refractivity contribution in [3.05, 3.63) is 68.7 Å². The Bertz CT molecular complexity index is 1300. The highest BCUT2D eigenvalue weighted by atomic mass is 32.1. The number of nitro groups is 1. The molecule has 4 rings (SSSR count). The van der Waals surface area contributed by atoms with Crippen molar-refractivity contribution in [2.75, 3.05) is 0 Å². The number of carbonyl (C=O) groups is 2. The van der Waals surface area contributed by atoms with Gasteiger partial charge in [-0.1, -0.05) is 0 Å². The molecule has 1 N–H and O–H groups in total. The van der Waals surface area contributed by atoms with Gasteiger partial charge in [-0.2, -0.15) is 10.1 Å². The number of aromatic nitrogens is 3. The summed E-state index contributed by atoms with van der Waals surface area (Å²) in [5.74, 6) is -1.20. The number of pyridine rings is 1. The van der Waals surface area contributed by atoms with E-state index in [1.807, 2.05) is 0 Å². The lowest BCUT2D eigenvalue weighted by Crippen LogP contribution is -2.29. The van der Waals surface area contributed by atoms with Crippen molar-refractivity contribution in [2.24, 2.45) is 5.10 Å². The molecule has 0 fully saturated rings. The van der Waals surface area contributed by atoms with Crippen molar-refractivity contribution in [3.8, 4) is 0 Å². The fraction of sp³-hybridized carbons (Fsp3) is 0.0556. The van der Waals surface area contributed by atoms with Gasteiger partial charge >= 0.3 is 0 Å². The topological polar surface area (TPSA) is 126 Å². The second kappa shape index (κ2) is 6.87. The number of fused-ring (bicyclic) bond motifs is 1. The summed E-state index contributed by atoms with van der Waals surface area (Å²) < 4.78 is 1.69. The highest BCUT2D eigenvalue weighted by Gasteiger charge is 2.33. The third-order valence-electron chi connectivity index (χ3n) is 4.35. The fourth-order valence-corrected chi connectivity index (χ4v) is 3.16. The van der Waals surface area contributed by atoms with Crippen LogP contribution < -0.4 is 0 Å². The molecule has 3 aromatic rings. The number of non-ortho nitro benzene ring substituents is 1. The van der Waals surface area contributed by atoms with Crippen LogP contribution >= 0.6 is 12.2 Å². The van der Waals surface area contributed by atoms with Gasteiger partial charge in [-0.25, -0.2) is 0 Å². The largest absolute Gasteiger partial charge is 0.330 e. The zero-order valence-electron chi connectivity index (χ0n) is 14.9. The number of nitro benzene ring substituents is 1. The van der Waals surface area contributed by atoms with Gasteiger partial charge in [0.2, 0.25) is 0 Å². The van der Waals surface area contributed by atoms with Gasteiger partial charge in [-0.05, 0) is 37.3 Å². The molecular weight excluding hydrogens is 396 g/mol. The molecule has 0 saturated heterocycles. The van der Waals surface area contributed by atoms with E-state index in [-0.39, 0.29) is 21.6 Å². The second-order valence-electron chi connectivity index (χ2n) is 6.14. The van der Waals surface area contributed by atoms with Gasteiger partial charge in [-0.15, -0.1) is 0 Å². The van der Waals surface area contributed by atoms with E-state index < -0.39 is 16.7 Å². The minimum Gasteiger partial charge on any atom is -0.330 e. The number of imide groups is 1. The van der Waals surface area contributed by atoms with Crippen molar-refractivity contribution in [3.63, 3.8) is 0 Å². The number of aromatic amines is 1. The molecule has 0 bridgehead atoms. The summed E-state index contributed by atoms with van der Waals surface area (Å²) >= 11 is 5.29. The first kappa shape index (κ1) is 18.4. The van der Waals surface area contributed by atoms with E-state index >= 15 is 0 Å². The number of hydrogen-bond acceptors (Lipinski definition) is 7. The Morgan fingerprint density at radius 1 is 1.28 bits per heavy atom. The van der Waals surface area contributed by atoms with Crippen molar-refractivity contribution in [2.45, 2.75) is 6.92 Å². The summed E-state index contributed by atoms with van der Waals surface area (Å²) in [4.78, 5) is 42.7. The van der Waals surface area contributed by atoms with Crippen LogP contribution in [0.3, 0.4) is 0 Å². The summed E-state index contributed by atoms with van der Waals surface area (Å²) in [7, 11) is 0. The van der Waals surface area contributed by atoms with Crippen molar-refractivity contribution < 1.29 is 14.5 Å². The second-order valence-corrected chi connectivity index (χ2v) is 6.53. The Labute approximate surface area is 167 Å². The number of imidazole rings is 1. The average Bonchev–Trinajstić information content (AvgIpc) is 3.18. The fourth-order valence-electron chi connectivity index (χ4n) is 2.90. The molecule has 0 atom stereocenters.